The lowest BCUT2D eigenvalue weighted by Crippen LogP contribution is -2.61. The smallest absolute Gasteiger partial charge is 0.320 e. The predicted molar refractivity (Wildman–Crippen MR) is 61.8 cm³/mol. The summed E-state index contributed by atoms with van der Waals surface area (Å²) in [5, 5.41) is 12.2. The van der Waals surface area contributed by atoms with Gasteiger partial charge in [-0.15, -0.1) is 0 Å². The number of carbonyl (C=O) groups is 2. The van der Waals surface area contributed by atoms with E-state index in [4.69, 9.17) is 5.11 Å². The van der Waals surface area contributed by atoms with Crippen LogP contribution < -0.4 is 5.32 Å². The monoisotopic (exact) mass is 241 g/mol. The topological polar surface area (TPSA) is 72.9 Å². The van der Waals surface area contributed by atoms with Crippen molar-refractivity contribution in [1.29, 1.82) is 0 Å². The Morgan fingerprint density at radius 3 is 2.88 bits per heavy atom. The molecule has 2 aliphatic rings. The van der Waals surface area contributed by atoms with Gasteiger partial charge < -0.3 is 20.2 Å². The van der Waals surface area contributed by atoms with Crippen molar-refractivity contribution in [2.75, 3.05) is 26.2 Å². The molecule has 2 N–H and O–H groups in total. The van der Waals surface area contributed by atoms with Crippen molar-refractivity contribution in [1.82, 2.24) is 15.1 Å². The first-order valence-corrected chi connectivity index (χ1v) is 5.97. The minimum atomic E-state index is -0.850. The number of aliphatic carboxylic acids is 1. The van der Waals surface area contributed by atoms with E-state index in [1.807, 2.05) is 13.8 Å². The minimum absolute atomic E-state index is 0.00889. The molecule has 0 unspecified atom stereocenters. The lowest BCUT2D eigenvalue weighted by atomic mass is 9.92. The fraction of sp³-hybridized carbons (Fsp3) is 0.818. The highest BCUT2D eigenvalue weighted by molar-refractivity contribution is 5.81. The summed E-state index contributed by atoms with van der Waals surface area (Å²) < 4.78 is 0. The Labute approximate surface area is 101 Å². The molecule has 0 spiro atoms. The van der Waals surface area contributed by atoms with Crippen LogP contribution in [-0.2, 0) is 4.79 Å². The lowest BCUT2D eigenvalue weighted by Gasteiger charge is -2.40. The Hall–Kier alpha value is -1.30. The maximum absolute atomic E-state index is 12.2. The molecule has 2 fully saturated rings. The van der Waals surface area contributed by atoms with Gasteiger partial charge in [-0.2, -0.15) is 0 Å². The number of carbonyl (C=O) groups excluding carboxylic acids is 1. The third-order valence-corrected chi connectivity index (χ3v) is 3.58. The molecule has 2 heterocycles. The Balaban J connectivity index is 2.27. The number of urea groups is 1. The zero-order valence-electron chi connectivity index (χ0n) is 10.3. The van der Waals surface area contributed by atoms with Gasteiger partial charge in [0.15, 0.2) is 0 Å². The lowest BCUT2D eigenvalue weighted by molar-refractivity contribution is -0.139. The average molecular weight is 241 g/mol. The number of amides is 2. The Bertz CT molecular complexity index is 345. The average Bonchev–Trinajstić information content (AvgIpc) is 2.52. The molecule has 6 heteroatoms. The summed E-state index contributed by atoms with van der Waals surface area (Å²) in [6, 6.07) is 0.0847. The van der Waals surface area contributed by atoms with E-state index in [0.717, 1.165) is 6.54 Å². The summed E-state index contributed by atoms with van der Waals surface area (Å²) in [6.45, 7) is 6.31. The normalized spacial score (nSPS) is 28.8. The molecule has 96 valence electrons. The molecule has 17 heavy (non-hydrogen) atoms. The first-order chi connectivity index (χ1) is 7.96. The van der Waals surface area contributed by atoms with Gasteiger partial charge in [-0.05, 0) is 13.8 Å². The summed E-state index contributed by atoms with van der Waals surface area (Å²) in [5.41, 5.74) is -0.564. The van der Waals surface area contributed by atoms with Gasteiger partial charge in [0.05, 0.1) is 12.0 Å². The van der Waals surface area contributed by atoms with E-state index in [-0.39, 0.29) is 18.5 Å². The van der Waals surface area contributed by atoms with E-state index in [0.29, 0.717) is 19.6 Å². The molecular formula is C11H19N3O3. The molecular weight excluding hydrogens is 222 g/mol. The number of hydrogen-bond donors (Lipinski definition) is 2. The van der Waals surface area contributed by atoms with E-state index >= 15 is 0 Å². The maximum atomic E-state index is 12.2. The molecule has 0 bridgehead atoms. The highest BCUT2D eigenvalue weighted by Crippen LogP contribution is 2.32. The van der Waals surface area contributed by atoms with Crippen LogP contribution in [0.15, 0.2) is 0 Å². The van der Waals surface area contributed by atoms with Gasteiger partial charge in [0.25, 0.3) is 0 Å². The van der Waals surface area contributed by atoms with Crippen molar-refractivity contribution in [3.8, 4) is 0 Å². The van der Waals surface area contributed by atoms with E-state index in [2.05, 4.69) is 5.32 Å². The van der Waals surface area contributed by atoms with Crippen LogP contribution >= 0.6 is 0 Å². The van der Waals surface area contributed by atoms with Gasteiger partial charge in [0.1, 0.15) is 0 Å². The van der Waals surface area contributed by atoms with Gasteiger partial charge in [0, 0.05) is 32.2 Å². The molecule has 0 saturated carbocycles. The highest BCUT2D eigenvalue weighted by Gasteiger charge is 2.52. The van der Waals surface area contributed by atoms with Crippen molar-refractivity contribution in [2.45, 2.75) is 31.8 Å². The second kappa shape index (κ2) is 4.18. The number of rotatable bonds is 3. The van der Waals surface area contributed by atoms with Gasteiger partial charge in [0.2, 0.25) is 0 Å². The van der Waals surface area contributed by atoms with Gasteiger partial charge in [-0.25, -0.2) is 4.79 Å². The molecule has 2 saturated heterocycles. The third-order valence-electron chi connectivity index (χ3n) is 3.58. The van der Waals surface area contributed by atoms with E-state index < -0.39 is 11.5 Å². The highest BCUT2D eigenvalue weighted by atomic mass is 16.4. The second-order valence-electron chi connectivity index (χ2n) is 5.13. The molecule has 0 aliphatic carbocycles. The number of nitrogens with zero attached hydrogens (tertiary/aromatic N) is 2. The number of nitrogens with one attached hydrogen (secondary N) is 1. The largest absolute Gasteiger partial charge is 0.481 e. The summed E-state index contributed by atoms with van der Waals surface area (Å²) in [5.74, 6) is -0.850. The standard InChI is InChI=1S/C11H19N3O3/c1-8(2)13-7-11(5-9(15)16)6-12-3-4-14(11)10(13)17/h8,12H,3-7H2,1-2H3,(H,15,16)/t11-/m1/s1. The SMILES string of the molecule is CC(C)N1C[C@@]2(CC(=O)O)CNCCN2C1=O. The van der Waals surface area contributed by atoms with Crippen LogP contribution in [0.2, 0.25) is 0 Å². The fourth-order valence-electron chi connectivity index (χ4n) is 2.72. The summed E-state index contributed by atoms with van der Waals surface area (Å²) in [4.78, 5) is 26.7. The summed E-state index contributed by atoms with van der Waals surface area (Å²) in [7, 11) is 0. The Kier molecular flexibility index (Phi) is 2.99. The summed E-state index contributed by atoms with van der Waals surface area (Å²) in [6.07, 6.45) is 0.00889. The number of fused-ring (bicyclic) bond motifs is 1. The van der Waals surface area contributed by atoms with Crippen molar-refractivity contribution in [3.05, 3.63) is 0 Å². The number of piperazine rings is 1. The minimum Gasteiger partial charge on any atom is -0.481 e. The first kappa shape index (κ1) is 12.2. The van der Waals surface area contributed by atoms with Crippen LogP contribution in [0.4, 0.5) is 4.79 Å². The molecule has 0 radical (unpaired) electrons. The van der Waals surface area contributed by atoms with Gasteiger partial charge in [-0.1, -0.05) is 0 Å². The van der Waals surface area contributed by atoms with Crippen LogP contribution in [-0.4, -0.2) is 64.7 Å². The van der Waals surface area contributed by atoms with Crippen LogP contribution in [0.25, 0.3) is 0 Å². The van der Waals surface area contributed by atoms with E-state index in [9.17, 15) is 9.59 Å². The molecule has 2 aliphatic heterocycles. The Morgan fingerprint density at radius 2 is 2.29 bits per heavy atom. The number of carboxylic acids is 1. The van der Waals surface area contributed by atoms with Crippen molar-refractivity contribution in [3.63, 3.8) is 0 Å². The molecule has 0 aromatic rings. The molecule has 0 aromatic heterocycles. The van der Waals surface area contributed by atoms with Gasteiger partial charge >= 0.3 is 12.0 Å². The zero-order valence-corrected chi connectivity index (χ0v) is 10.3. The van der Waals surface area contributed by atoms with E-state index in [1.54, 1.807) is 9.80 Å². The first-order valence-electron chi connectivity index (χ1n) is 5.97. The molecule has 2 rings (SSSR count). The van der Waals surface area contributed by atoms with Crippen LogP contribution in [0.5, 0.6) is 0 Å². The fourth-order valence-corrected chi connectivity index (χ4v) is 2.72. The van der Waals surface area contributed by atoms with Gasteiger partial charge in [-0.3, -0.25) is 4.79 Å². The molecule has 1 atom stereocenters. The maximum Gasteiger partial charge on any atom is 0.320 e. The quantitative estimate of drug-likeness (QED) is 0.726. The zero-order chi connectivity index (χ0) is 12.6. The predicted octanol–water partition coefficient (Wildman–Crippen LogP) is -0.0509. The van der Waals surface area contributed by atoms with Crippen LogP contribution in [0.3, 0.4) is 0 Å². The van der Waals surface area contributed by atoms with Crippen molar-refractivity contribution < 1.29 is 14.7 Å². The van der Waals surface area contributed by atoms with Crippen LogP contribution in [0.1, 0.15) is 20.3 Å². The Morgan fingerprint density at radius 1 is 1.59 bits per heavy atom. The second-order valence-corrected chi connectivity index (χ2v) is 5.13. The number of carboxylic acid groups (broad SMARTS) is 1. The van der Waals surface area contributed by atoms with Crippen LogP contribution in [0, 0.1) is 0 Å². The third kappa shape index (κ3) is 1.97. The van der Waals surface area contributed by atoms with Crippen molar-refractivity contribution in [2.24, 2.45) is 0 Å². The number of hydrogen-bond acceptors (Lipinski definition) is 3. The molecule has 0 aromatic carbocycles. The van der Waals surface area contributed by atoms with E-state index in [1.165, 1.54) is 0 Å². The molecule has 2 amide bonds. The van der Waals surface area contributed by atoms with Crippen molar-refractivity contribution >= 4 is 12.0 Å². The summed E-state index contributed by atoms with van der Waals surface area (Å²) >= 11 is 0. The molecule has 6 nitrogen and oxygen atoms in total.